The van der Waals surface area contributed by atoms with Crippen molar-refractivity contribution in [2.45, 2.75) is 0 Å². The van der Waals surface area contributed by atoms with Gasteiger partial charge in [0.1, 0.15) is 0 Å². The molecule has 0 spiro atoms. The molecule has 1 aromatic rings. The first kappa shape index (κ1) is 10.5. The second-order valence-electron chi connectivity index (χ2n) is 2.44. The lowest BCUT2D eigenvalue weighted by Gasteiger charge is -1.99. The molecule has 1 rings (SSSR count). The summed E-state index contributed by atoms with van der Waals surface area (Å²) >= 11 is 1.18. The van der Waals surface area contributed by atoms with Crippen molar-refractivity contribution in [2.24, 2.45) is 0 Å². The van der Waals surface area contributed by atoms with Crippen molar-refractivity contribution in [3.05, 3.63) is 39.9 Å². The molecule has 1 N–H and O–H groups in total. The number of amides is 1. The van der Waals surface area contributed by atoms with Crippen molar-refractivity contribution in [1.29, 1.82) is 0 Å². The van der Waals surface area contributed by atoms with Crippen molar-refractivity contribution in [1.82, 2.24) is 4.72 Å². The highest BCUT2D eigenvalue weighted by Crippen LogP contribution is 2.11. The van der Waals surface area contributed by atoms with E-state index in [4.69, 9.17) is 0 Å². The SMILES string of the molecule is CSNC(=O)c1ccc([N+](=O)[O-])cc1. The van der Waals surface area contributed by atoms with Crippen molar-refractivity contribution in [3.8, 4) is 0 Å². The zero-order chi connectivity index (χ0) is 10.6. The Kier molecular flexibility index (Phi) is 3.47. The van der Waals surface area contributed by atoms with Crippen LogP contribution < -0.4 is 4.72 Å². The van der Waals surface area contributed by atoms with Gasteiger partial charge in [-0.3, -0.25) is 19.6 Å². The minimum Gasteiger partial charge on any atom is -0.296 e. The number of nitro benzene ring substituents is 1. The third-order valence-electron chi connectivity index (χ3n) is 1.54. The van der Waals surface area contributed by atoms with Crippen LogP contribution in [0.5, 0.6) is 0 Å². The monoisotopic (exact) mass is 212 g/mol. The Balaban J connectivity index is 2.83. The minimum absolute atomic E-state index is 0.0225. The van der Waals surface area contributed by atoms with Crippen LogP contribution in [0.15, 0.2) is 24.3 Å². The maximum atomic E-state index is 11.2. The molecule has 0 aliphatic rings. The van der Waals surface area contributed by atoms with Crippen LogP contribution in [0.25, 0.3) is 0 Å². The van der Waals surface area contributed by atoms with E-state index in [1.807, 2.05) is 0 Å². The van der Waals surface area contributed by atoms with Crippen LogP contribution in [0.3, 0.4) is 0 Å². The van der Waals surface area contributed by atoms with Gasteiger partial charge in [-0.1, -0.05) is 11.9 Å². The smallest absolute Gasteiger partial charge is 0.269 e. The number of nitrogens with one attached hydrogen (secondary N) is 1. The maximum Gasteiger partial charge on any atom is 0.269 e. The predicted octanol–water partition coefficient (Wildman–Crippen LogP) is 1.60. The molecule has 14 heavy (non-hydrogen) atoms. The molecule has 0 aromatic heterocycles. The van der Waals surface area contributed by atoms with Crippen LogP contribution in [-0.2, 0) is 0 Å². The molecule has 0 radical (unpaired) electrons. The van der Waals surface area contributed by atoms with E-state index in [1.165, 1.54) is 36.2 Å². The highest BCUT2D eigenvalue weighted by atomic mass is 32.2. The molecule has 0 aliphatic heterocycles. The molecule has 5 nitrogen and oxygen atoms in total. The summed E-state index contributed by atoms with van der Waals surface area (Å²) < 4.78 is 2.52. The standard InChI is InChI=1S/C8H8N2O3S/c1-14-9-8(11)6-2-4-7(5-3-6)10(12)13/h2-5H,1H3,(H,9,11). The van der Waals surface area contributed by atoms with Gasteiger partial charge in [0.2, 0.25) is 0 Å². The number of nitro groups is 1. The van der Waals surface area contributed by atoms with E-state index in [2.05, 4.69) is 4.72 Å². The topological polar surface area (TPSA) is 72.2 Å². The molecular weight excluding hydrogens is 204 g/mol. The van der Waals surface area contributed by atoms with Gasteiger partial charge >= 0.3 is 0 Å². The van der Waals surface area contributed by atoms with Crippen molar-refractivity contribution < 1.29 is 9.72 Å². The van der Waals surface area contributed by atoms with Gasteiger partial charge in [0, 0.05) is 24.0 Å². The van der Waals surface area contributed by atoms with Gasteiger partial charge in [0.05, 0.1) is 4.92 Å². The Morgan fingerprint density at radius 2 is 2.00 bits per heavy atom. The van der Waals surface area contributed by atoms with Crippen LogP contribution in [0.1, 0.15) is 10.4 Å². The van der Waals surface area contributed by atoms with Crippen LogP contribution >= 0.6 is 11.9 Å². The Bertz CT molecular complexity index is 350. The van der Waals surface area contributed by atoms with E-state index in [9.17, 15) is 14.9 Å². The second kappa shape index (κ2) is 4.61. The zero-order valence-corrected chi connectivity index (χ0v) is 8.21. The van der Waals surface area contributed by atoms with Crippen molar-refractivity contribution >= 4 is 23.5 Å². The molecule has 0 unspecified atom stereocenters. The summed E-state index contributed by atoms with van der Waals surface area (Å²) in [5.41, 5.74) is 0.385. The van der Waals surface area contributed by atoms with Gasteiger partial charge in [0.25, 0.3) is 11.6 Å². The van der Waals surface area contributed by atoms with E-state index in [1.54, 1.807) is 6.26 Å². The third kappa shape index (κ3) is 2.46. The summed E-state index contributed by atoms with van der Waals surface area (Å²) in [6, 6.07) is 5.44. The van der Waals surface area contributed by atoms with Crippen molar-refractivity contribution in [2.75, 3.05) is 6.26 Å². The average molecular weight is 212 g/mol. The van der Waals surface area contributed by atoms with E-state index >= 15 is 0 Å². The highest BCUT2D eigenvalue weighted by molar-refractivity contribution is 7.97. The van der Waals surface area contributed by atoms with Gasteiger partial charge in [-0.25, -0.2) is 0 Å². The van der Waals surface area contributed by atoms with Gasteiger partial charge in [-0.05, 0) is 12.1 Å². The molecule has 0 fully saturated rings. The molecule has 74 valence electrons. The van der Waals surface area contributed by atoms with E-state index in [0.717, 1.165) is 0 Å². The number of carbonyl (C=O) groups excluding carboxylic acids is 1. The normalized spacial score (nSPS) is 9.50. The van der Waals surface area contributed by atoms with E-state index in [0.29, 0.717) is 5.56 Å². The lowest BCUT2D eigenvalue weighted by molar-refractivity contribution is -0.384. The molecule has 1 aromatic carbocycles. The molecule has 0 saturated carbocycles. The quantitative estimate of drug-likeness (QED) is 0.469. The van der Waals surface area contributed by atoms with Crippen LogP contribution in [0.4, 0.5) is 5.69 Å². The maximum absolute atomic E-state index is 11.2. The lowest BCUT2D eigenvalue weighted by Crippen LogP contribution is -2.14. The number of carbonyl (C=O) groups is 1. The van der Waals surface area contributed by atoms with E-state index < -0.39 is 4.92 Å². The number of hydrogen-bond donors (Lipinski definition) is 1. The fourth-order valence-corrected chi connectivity index (χ4v) is 1.19. The lowest BCUT2D eigenvalue weighted by atomic mass is 10.2. The number of benzene rings is 1. The van der Waals surface area contributed by atoms with Gasteiger partial charge in [-0.2, -0.15) is 0 Å². The molecule has 0 bridgehead atoms. The summed E-state index contributed by atoms with van der Waals surface area (Å²) in [6.07, 6.45) is 1.73. The molecule has 6 heteroatoms. The molecular formula is C8H8N2O3S. The molecule has 0 heterocycles. The zero-order valence-electron chi connectivity index (χ0n) is 7.39. The molecule has 0 aliphatic carbocycles. The van der Waals surface area contributed by atoms with Gasteiger partial charge < -0.3 is 0 Å². The predicted molar refractivity (Wildman–Crippen MR) is 54.1 cm³/mol. The molecule has 0 saturated heterocycles. The van der Waals surface area contributed by atoms with Crippen LogP contribution in [-0.4, -0.2) is 17.1 Å². The minimum atomic E-state index is -0.504. The first-order valence-corrected chi connectivity index (χ1v) is 4.95. The summed E-state index contributed by atoms with van der Waals surface area (Å²) in [7, 11) is 0. The number of non-ortho nitro benzene ring substituents is 1. The number of rotatable bonds is 3. The number of nitrogens with zero attached hydrogens (tertiary/aromatic N) is 1. The number of hydrogen-bond acceptors (Lipinski definition) is 4. The average Bonchev–Trinajstić information content (AvgIpc) is 2.18. The highest BCUT2D eigenvalue weighted by Gasteiger charge is 2.08. The second-order valence-corrected chi connectivity index (χ2v) is 3.05. The summed E-state index contributed by atoms with van der Waals surface area (Å²) in [5.74, 6) is -0.257. The Hall–Kier alpha value is -1.56. The van der Waals surface area contributed by atoms with Crippen LogP contribution in [0.2, 0.25) is 0 Å². The summed E-state index contributed by atoms with van der Waals surface area (Å²) in [6.45, 7) is 0. The Labute approximate surface area is 84.8 Å². The Morgan fingerprint density at radius 3 is 2.43 bits per heavy atom. The first-order chi connectivity index (χ1) is 6.65. The summed E-state index contributed by atoms with van der Waals surface area (Å²) in [5, 5.41) is 10.3. The third-order valence-corrected chi connectivity index (χ3v) is 1.92. The largest absolute Gasteiger partial charge is 0.296 e. The van der Waals surface area contributed by atoms with Crippen LogP contribution in [0, 0.1) is 10.1 Å². The molecule has 1 amide bonds. The molecule has 0 atom stereocenters. The fourth-order valence-electron chi connectivity index (χ4n) is 0.886. The Morgan fingerprint density at radius 1 is 1.43 bits per heavy atom. The van der Waals surface area contributed by atoms with E-state index in [-0.39, 0.29) is 11.6 Å². The van der Waals surface area contributed by atoms with Gasteiger partial charge in [-0.15, -0.1) is 0 Å². The van der Waals surface area contributed by atoms with Gasteiger partial charge in [0.15, 0.2) is 0 Å². The first-order valence-electron chi connectivity index (χ1n) is 3.73. The summed E-state index contributed by atoms with van der Waals surface area (Å²) in [4.78, 5) is 21.0. The fraction of sp³-hybridized carbons (Fsp3) is 0.125. The van der Waals surface area contributed by atoms with Crippen molar-refractivity contribution in [3.63, 3.8) is 0 Å².